The lowest BCUT2D eigenvalue weighted by atomic mass is 10.2. The minimum Gasteiger partial charge on any atom is -0.349 e. The van der Waals surface area contributed by atoms with Crippen LogP contribution >= 0.6 is 0 Å². The van der Waals surface area contributed by atoms with E-state index in [0.717, 1.165) is 12.8 Å². The first kappa shape index (κ1) is 10.9. The van der Waals surface area contributed by atoms with E-state index in [1.54, 1.807) is 13.0 Å². The molecule has 0 spiro atoms. The molecule has 4 nitrogen and oxygen atoms in total. The van der Waals surface area contributed by atoms with Crippen LogP contribution in [0.1, 0.15) is 41.7 Å². The Bertz CT molecular complexity index is 445. The van der Waals surface area contributed by atoms with Crippen molar-refractivity contribution in [2.75, 3.05) is 0 Å². The van der Waals surface area contributed by atoms with Crippen LogP contribution < -0.4 is 10.9 Å². The first-order valence-corrected chi connectivity index (χ1v) is 5.67. The predicted molar refractivity (Wildman–Crippen MR) is 61.5 cm³/mol. The topological polar surface area (TPSA) is 62.0 Å². The fourth-order valence-corrected chi connectivity index (χ4v) is 2.15. The molecule has 1 heterocycles. The van der Waals surface area contributed by atoms with Crippen LogP contribution in [-0.2, 0) is 0 Å². The van der Waals surface area contributed by atoms with E-state index in [0.29, 0.717) is 11.3 Å². The van der Waals surface area contributed by atoms with Crippen molar-refractivity contribution in [3.8, 4) is 0 Å². The molecule has 16 heavy (non-hydrogen) atoms. The molecule has 1 fully saturated rings. The van der Waals surface area contributed by atoms with Crippen molar-refractivity contribution in [2.45, 2.75) is 38.6 Å². The zero-order valence-electron chi connectivity index (χ0n) is 9.38. The molecule has 2 N–H and O–H groups in total. The molecule has 0 aliphatic heterocycles. The van der Waals surface area contributed by atoms with Gasteiger partial charge in [0.2, 0.25) is 5.56 Å². The Hall–Kier alpha value is -1.58. The highest BCUT2D eigenvalue weighted by molar-refractivity contribution is 5.94. The van der Waals surface area contributed by atoms with Gasteiger partial charge in [0.25, 0.3) is 5.91 Å². The first-order valence-electron chi connectivity index (χ1n) is 5.67. The normalized spacial score (nSPS) is 16.3. The van der Waals surface area contributed by atoms with E-state index in [1.807, 2.05) is 0 Å². The summed E-state index contributed by atoms with van der Waals surface area (Å²) in [5.74, 6) is -0.138. The number of nitrogens with one attached hydrogen (secondary N) is 2. The molecule has 1 saturated carbocycles. The van der Waals surface area contributed by atoms with Crippen molar-refractivity contribution in [3.63, 3.8) is 0 Å². The van der Waals surface area contributed by atoms with Crippen molar-refractivity contribution in [1.82, 2.24) is 10.3 Å². The lowest BCUT2D eigenvalue weighted by Crippen LogP contribution is -2.33. The molecule has 1 aliphatic carbocycles. The molecule has 0 aromatic carbocycles. The van der Waals surface area contributed by atoms with Gasteiger partial charge < -0.3 is 10.3 Å². The van der Waals surface area contributed by atoms with Crippen molar-refractivity contribution in [2.24, 2.45) is 0 Å². The summed E-state index contributed by atoms with van der Waals surface area (Å²) < 4.78 is 0. The Morgan fingerprint density at radius 2 is 2.06 bits per heavy atom. The van der Waals surface area contributed by atoms with E-state index in [9.17, 15) is 9.59 Å². The number of H-pyrrole nitrogens is 1. The van der Waals surface area contributed by atoms with Gasteiger partial charge in [0, 0.05) is 23.4 Å². The number of hydrogen-bond donors (Lipinski definition) is 2. The molecule has 0 bridgehead atoms. The number of aromatic amines is 1. The summed E-state index contributed by atoms with van der Waals surface area (Å²) in [5, 5.41) is 2.96. The van der Waals surface area contributed by atoms with Gasteiger partial charge >= 0.3 is 0 Å². The Balaban J connectivity index is 2.10. The standard InChI is InChI=1S/C12H16N2O2/c1-8-6-9(7-11(15)13-8)12(16)14-10-4-2-3-5-10/h6-7,10H,2-5H2,1H3,(H,13,15)(H,14,16). The summed E-state index contributed by atoms with van der Waals surface area (Å²) in [6.45, 7) is 1.77. The zero-order valence-corrected chi connectivity index (χ0v) is 9.38. The van der Waals surface area contributed by atoms with Crippen molar-refractivity contribution in [1.29, 1.82) is 0 Å². The van der Waals surface area contributed by atoms with Crippen LogP contribution in [0.25, 0.3) is 0 Å². The van der Waals surface area contributed by atoms with Crippen molar-refractivity contribution >= 4 is 5.91 Å². The van der Waals surface area contributed by atoms with E-state index in [-0.39, 0.29) is 17.5 Å². The summed E-state index contributed by atoms with van der Waals surface area (Å²) in [6, 6.07) is 3.33. The van der Waals surface area contributed by atoms with E-state index in [2.05, 4.69) is 10.3 Å². The molecular formula is C12H16N2O2. The van der Waals surface area contributed by atoms with Gasteiger partial charge in [0.05, 0.1) is 0 Å². The average Bonchev–Trinajstić information content (AvgIpc) is 2.68. The zero-order chi connectivity index (χ0) is 11.5. The van der Waals surface area contributed by atoms with Crippen LogP contribution in [0.15, 0.2) is 16.9 Å². The number of pyridine rings is 1. The second-order valence-electron chi connectivity index (χ2n) is 4.37. The maximum absolute atomic E-state index is 11.8. The largest absolute Gasteiger partial charge is 0.349 e. The highest BCUT2D eigenvalue weighted by Crippen LogP contribution is 2.17. The van der Waals surface area contributed by atoms with Crippen molar-refractivity contribution in [3.05, 3.63) is 33.7 Å². The van der Waals surface area contributed by atoms with Crippen LogP contribution in [-0.4, -0.2) is 16.9 Å². The molecular weight excluding hydrogens is 204 g/mol. The molecule has 86 valence electrons. The molecule has 0 radical (unpaired) electrons. The van der Waals surface area contributed by atoms with Crippen LogP contribution in [0.3, 0.4) is 0 Å². The highest BCUT2D eigenvalue weighted by Gasteiger charge is 2.18. The Labute approximate surface area is 94.1 Å². The third kappa shape index (κ3) is 2.51. The molecule has 1 aromatic rings. The molecule has 0 atom stereocenters. The number of aryl methyl sites for hydroxylation is 1. The molecule has 0 saturated heterocycles. The van der Waals surface area contributed by atoms with E-state index >= 15 is 0 Å². The van der Waals surface area contributed by atoms with Gasteiger partial charge in [0.15, 0.2) is 0 Å². The van der Waals surface area contributed by atoms with Gasteiger partial charge in [-0.3, -0.25) is 9.59 Å². The van der Waals surface area contributed by atoms with Crippen LogP contribution in [0.5, 0.6) is 0 Å². The summed E-state index contributed by atoms with van der Waals surface area (Å²) in [6.07, 6.45) is 4.46. The maximum atomic E-state index is 11.8. The number of aromatic nitrogens is 1. The third-order valence-electron chi connectivity index (χ3n) is 2.93. The van der Waals surface area contributed by atoms with Crippen LogP contribution in [0.2, 0.25) is 0 Å². The van der Waals surface area contributed by atoms with Gasteiger partial charge in [0.1, 0.15) is 0 Å². The van der Waals surface area contributed by atoms with Crippen molar-refractivity contribution < 1.29 is 4.79 Å². The third-order valence-corrected chi connectivity index (χ3v) is 2.93. The Morgan fingerprint density at radius 3 is 2.69 bits per heavy atom. The Kier molecular flexibility index (Phi) is 3.08. The molecule has 1 aliphatic rings. The van der Waals surface area contributed by atoms with Gasteiger partial charge in [-0.2, -0.15) is 0 Å². The second kappa shape index (κ2) is 4.51. The fourth-order valence-electron chi connectivity index (χ4n) is 2.15. The molecule has 0 unspecified atom stereocenters. The van der Waals surface area contributed by atoms with Gasteiger partial charge in [-0.1, -0.05) is 12.8 Å². The first-order chi connectivity index (χ1) is 7.65. The van der Waals surface area contributed by atoms with E-state index in [4.69, 9.17) is 0 Å². The summed E-state index contributed by atoms with van der Waals surface area (Å²) in [4.78, 5) is 25.7. The molecule has 1 aromatic heterocycles. The average molecular weight is 220 g/mol. The highest BCUT2D eigenvalue weighted by atomic mass is 16.2. The molecule has 4 heteroatoms. The Morgan fingerprint density at radius 1 is 1.38 bits per heavy atom. The minimum absolute atomic E-state index is 0.138. The fraction of sp³-hybridized carbons (Fsp3) is 0.500. The lowest BCUT2D eigenvalue weighted by Gasteiger charge is -2.11. The van der Waals surface area contributed by atoms with Crippen LogP contribution in [0.4, 0.5) is 0 Å². The molecule has 2 rings (SSSR count). The van der Waals surface area contributed by atoms with Gasteiger partial charge in [-0.15, -0.1) is 0 Å². The smallest absolute Gasteiger partial charge is 0.251 e. The summed E-state index contributed by atoms with van der Waals surface area (Å²) in [7, 11) is 0. The monoisotopic (exact) mass is 220 g/mol. The van der Waals surface area contributed by atoms with Gasteiger partial charge in [-0.25, -0.2) is 0 Å². The number of carbonyl (C=O) groups excluding carboxylic acids is 1. The SMILES string of the molecule is Cc1cc(C(=O)NC2CCCC2)cc(=O)[nH]1. The predicted octanol–water partition coefficient (Wildman–Crippen LogP) is 1.36. The lowest BCUT2D eigenvalue weighted by molar-refractivity contribution is 0.0937. The second-order valence-corrected chi connectivity index (χ2v) is 4.37. The minimum atomic E-state index is -0.225. The van der Waals surface area contributed by atoms with Crippen LogP contribution in [0, 0.1) is 6.92 Å². The summed E-state index contributed by atoms with van der Waals surface area (Å²) >= 11 is 0. The maximum Gasteiger partial charge on any atom is 0.251 e. The summed E-state index contributed by atoms with van der Waals surface area (Å²) in [5.41, 5.74) is 0.939. The number of carbonyl (C=O) groups is 1. The van der Waals surface area contributed by atoms with Gasteiger partial charge in [-0.05, 0) is 25.8 Å². The van der Waals surface area contributed by atoms with E-state index in [1.165, 1.54) is 18.9 Å². The number of rotatable bonds is 2. The quantitative estimate of drug-likeness (QED) is 0.790. The van der Waals surface area contributed by atoms with E-state index < -0.39 is 0 Å². The number of amides is 1. The molecule has 1 amide bonds. The number of hydrogen-bond acceptors (Lipinski definition) is 2.